The van der Waals surface area contributed by atoms with E-state index in [9.17, 15) is 9.59 Å². The number of amides is 2. The first-order valence-electron chi connectivity index (χ1n) is 11.5. The summed E-state index contributed by atoms with van der Waals surface area (Å²) in [5.74, 6) is -0.00642. The number of carbonyl (C=O) groups excluding carboxylic acids is 2. The van der Waals surface area contributed by atoms with Gasteiger partial charge < -0.3 is 10.2 Å². The van der Waals surface area contributed by atoms with Gasteiger partial charge in [0.05, 0.1) is 5.41 Å². The van der Waals surface area contributed by atoms with Crippen molar-refractivity contribution in [3.8, 4) is 11.1 Å². The van der Waals surface area contributed by atoms with Gasteiger partial charge in [-0.15, -0.1) is 0 Å². The lowest BCUT2D eigenvalue weighted by molar-refractivity contribution is -0.134. The molecular formula is C27H30N4O2. The van der Waals surface area contributed by atoms with E-state index >= 15 is 0 Å². The molecule has 1 aromatic carbocycles. The molecule has 6 heteroatoms. The van der Waals surface area contributed by atoms with Gasteiger partial charge in [0, 0.05) is 37.7 Å². The average molecular weight is 443 g/mol. The lowest BCUT2D eigenvalue weighted by Crippen LogP contribution is -2.52. The maximum atomic E-state index is 13.3. The second kappa shape index (κ2) is 9.94. The molecule has 1 N–H and O–H groups in total. The quantitative estimate of drug-likeness (QED) is 0.623. The summed E-state index contributed by atoms with van der Waals surface area (Å²) in [6, 6.07) is 17.7. The van der Waals surface area contributed by atoms with Crippen LogP contribution < -0.4 is 5.32 Å². The highest BCUT2D eigenvalue weighted by Crippen LogP contribution is 2.36. The van der Waals surface area contributed by atoms with Crippen molar-refractivity contribution in [2.24, 2.45) is 5.41 Å². The first-order chi connectivity index (χ1) is 16.0. The number of pyridine rings is 2. The molecule has 0 saturated carbocycles. The van der Waals surface area contributed by atoms with E-state index in [1.54, 1.807) is 24.5 Å². The Morgan fingerprint density at radius 3 is 2.33 bits per heavy atom. The minimum atomic E-state index is -0.541. The zero-order chi connectivity index (χ0) is 23.3. The number of nitrogens with one attached hydrogen (secondary N) is 1. The molecule has 1 fully saturated rings. The molecule has 1 saturated heterocycles. The van der Waals surface area contributed by atoms with Crippen molar-refractivity contribution >= 4 is 11.8 Å². The highest BCUT2D eigenvalue weighted by Gasteiger charge is 2.42. The third kappa shape index (κ3) is 5.28. The fourth-order valence-electron chi connectivity index (χ4n) is 4.43. The van der Waals surface area contributed by atoms with Crippen molar-refractivity contribution < 1.29 is 9.59 Å². The van der Waals surface area contributed by atoms with Gasteiger partial charge in [-0.2, -0.15) is 0 Å². The molecule has 3 aromatic rings. The summed E-state index contributed by atoms with van der Waals surface area (Å²) in [5, 5.41) is 3.12. The van der Waals surface area contributed by atoms with Crippen LogP contribution in [-0.4, -0.2) is 45.8 Å². The minimum absolute atomic E-state index is 0.0653. The van der Waals surface area contributed by atoms with Crippen LogP contribution in [-0.2, 0) is 11.2 Å². The predicted octanol–water partition coefficient (Wildman–Crippen LogP) is 4.13. The van der Waals surface area contributed by atoms with Gasteiger partial charge in [0.2, 0.25) is 5.91 Å². The summed E-state index contributed by atoms with van der Waals surface area (Å²) in [6.07, 6.45) is 7.13. The van der Waals surface area contributed by atoms with Crippen LogP contribution >= 0.6 is 0 Å². The summed E-state index contributed by atoms with van der Waals surface area (Å²) < 4.78 is 0. The fraction of sp³-hybridized carbons (Fsp3) is 0.333. The van der Waals surface area contributed by atoms with Crippen molar-refractivity contribution in [1.82, 2.24) is 20.2 Å². The molecule has 170 valence electrons. The van der Waals surface area contributed by atoms with E-state index < -0.39 is 5.41 Å². The van der Waals surface area contributed by atoms with Crippen LogP contribution in [0.4, 0.5) is 0 Å². The molecular weight excluding hydrogens is 412 g/mol. The van der Waals surface area contributed by atoms with Crippen LogP contribution in [0.5, 0.6) is 0 Å². The summed E-state index contributed by atoms with van der Waals surface area (Å²) in [7, 11) is 0. The number of hydrogen-bond acceptors (Lipinski definition) is 4. The van der Waals surface area contributed by atoms with Gasteiger partial charge in [0.1, 0.15) is 5.69 Å². The molecule has 0 spiro atoms. The molecule has 0 radical (unpaired) electrons. The third-order valence-electron chi connectivity index (χ3n) is 6.28. The Kier molecular flexibility index (Phi) is 6.82. The molecule has 0 atom stereocenters. The molecule has 4 rings (SSSR count). The molecule has 3 heterocycles. The van der Waals surface area contributed by atoms with Gasteiger partial charge >= 0.3 is 0 Å². The molecule has 1 aliphatic rings. The van der Waals surface area contributed by atoms with Crippen molar-refractivity contribution in [2.75, 3.05) is 13.1 Å². The second-order valence-corrected chi connectivity index (χ2v) is 9.03. The van der Waals surface area contributed by atoms with E-state index in [2.05, 4.69) is 39.6 Å². The largest absolute Gasteiger partial charge is 0.353 e. The molecule has 0 bridgehead atoms. The molecule has 0 aliphatic carbocycles. The maximum absolute atomic E-state index is 13.3. The number of benzene rings is 1. The Morgan fingerprint density at radius 1 is 0.970 bits per heavy atom. The highest BCUT2D eigenvalue weighted by atomic mass is 16.2. The van der Waals surface area contributed by atoms with Gasteiger partial charge in [0.25, 0.3) is 5.91 Å². The standard InChI is InChI=1S/C27H30N4O2/c1-20(2)30-26(33)27(12-16-31(17-13-27)25(32)24-7-3-4-15-29-24)18-21-8-10-22(11-9-21)23-6-5-14-28-19-23/h3-11,14-15,19-20H,12-13,16-18H2,1-2H3,(H,30,33). The number of carbonyl (C=O) groups is 2. The van der Waals surface area contributed by atoms with Crippen molar-refractivity contribution in [2.45, 2.75) is 39.2 Å². The van der Waals surface area contributed by atoms with Gasteiger partial charge in [-0.05, 0) is 68.0 Å². The van der Waals surface area contributed by atoms with Crippen LogP contribution in [0.1, 0.15) is 42.7 Å². The lowest BCUT2D eigenvalue weighted by Gasteiger charge is -2.41. The Hall–Kier alpha value is -3.54. The Labute approximate surface area is 195 Å². The summed E-state index contributed by atoms with van der Waals surface area (Å²) >= 11 is 0. The fourth-order valence-corrected chi connectivity index (χ4v) is 4.43. The Balaban J connectivity index is 1.51. The second-order valence-electron chi connectivity index (χ2n) is 9.03. The van der Waals surface area contributed by atoms with Crippen LogP contribution in [0, 0.1) is 5.41 Å². The van der Waals surface area contributed by atoms with Gasteiger partial charge in [-0.1, -0.05) is 36.4 Å². The molecule has 6 nitrogen and oxygen atoms in total. The number of hydrogen-bond donors (Lipinski definition) is 1. The number of likely N-dealkylation sites (tertiary alicyclic amines) is 1. The first-order valence-corrected chi connectivity index (χ1v) is 11.5. The average Bonchev–Trinajstić information content (AvgIpc) is 2.85. The van der Waals surface area contributed by atoms with Crippen molar-refractivity contribution in [3.63, 3.8) is 0 Å². The molecule has 2 amide bonds. The summed E-state index contributed by atoms with van der Waals surface area (Å²) in [4.78, 5) is 36.4. The van der Waals surface area contributed by atoms with E-state index in [0.29, 0.717) is 38.0 Å². The van der Waals surface area contributed by atoms with Crippen molar-refractivity contribution in [1.29, 1.82) is 0 Å². The number of aromatic nitrogens is 2. The SMILES string of the molecule is CC(C)NC(=O)C1(Cc2ccc(-c3cccnc3)cc2)CCN(C(=O)c2ccccn2)CC1. The lowest BCUT2D eigenvalue weighted by atomic mass is 9.72. The van der Waals surface area contributed by atoms with E-state index in [0.717, 1.165) is 16.7 Å². The molecule has 1 aliphatic heterocycles. The van der Waals surface area contributed by atoms with Crippen LogP contribution in [0.25, 0.3) is 11.1 Å². The minimum Gasteiger partial charge on any atom is -0.353 e. The summed E-state index contributed by atoms with van der Waals surface area (Å²) in [5.41, 5.74) is 3.19. The van der Waals surface area contributed by atoms with Gasteiger partial charge in [-0.25, -0.2) is 0 Å². The van der Waals surface area contributed by atoms with E-state index in [1.165, 1.54) is 0 Å². The zero-order valence-corrected chi connectivity index (χ0v) is 19.2. The van der Waals surface area contributed by atoms with Crippen molar-refractivity contribution in [3.05, 3.63) is 84.4 Å². The number of piperidine rings is 1. The predicted molar refractivity (Wildman–Crippen MR) is 128 cm³/mol. The van der Waals surface area contributed by atoms with Crippen LogP contribution in [0.2, 0.25) is 0 Å². The maximum Gasteiger partial charge on any atom is 0.272 e. The number of nitrogens with zero attached hydrogens (tertiary/aromatic N) is 3. The first kappa shape index (κ1) is 22.6. The van der Waals surface area contributed by atoms with E-state index in [-0.39, 0.29) is 17.9 Å². The Morgan fingerprint density at radius 2 is 1.73 bits per heavy atom. The zero-order valence-electron chi connectivity index (χ0n) is 19.2. The smallest absolute Gasteiger partial charge is 0.272 e. The van der Waals surface area contributed by atoms with E-state index in [1.807, 2.05) is 43.1 Å². The topological polar surface area (TPSA) is 75.2 Å². The van der Waals surface area contributed by atoms with Gasteiger partial charge in [-0.3, -0.25) is 19.6 Å². The van der Waals surface area contributed by atoms with Crippen LogP contribution in [0.3, 0.4) is 0 Å². The Bertz CT molecular complexity index is 1070. The molecule has 0 unspecified atom stereocenters. The number of rotatable bonds is 6. The van der Waals surface area contributed by atoms with Crippen LogP contribution in [0.15, 0.2) is 73.2 Å². The molecule has 33 heavy (non-hydrogen) atoms. The third-order valence-corrected chi connectivity index (χ3v) is 6.28. The van der Waals surface area contributed by atoms with E-state index in [4.69, 9.17) is 0 Å². The monoisotopic (exact) mass is 442 g/mol. The summed E-state index contributed by atoms with van der Waals surface area (Å²) in [6.45, 7) is 5.03. The highest BCUT2D eigenvalue weighted by molar-refractivity contribution is 5.92. The van der Waals surface area contributed by atoms with Gasteiger partial charge in [0.15, 0.2) is 0 Å². The normalized spacial score (nSPS) is 15.3. The molecule has 2 aromatic heterocycles.